The van der Waals surface area contributed by atoms with E-state index in [2.05, 4.69) is 10.6 Å². The zero-order valence-corrected chi connectivity index (χ0v) is 17.0. The number of carboxylic acids is 1. The topological polar surface area (TPSA) is 211 Å². The van der Waals surface area contributed by atoms with Crippen LogP contribution in [0.4, 0.5) is 0 Å². The Kier molecular flexibility index (Phi) is 10.8. The van der Waals surface area contributed by atoms with Gasteiger partial charge in [-0.15, -0.1) is 0 Å². The van der Waals surface area contributed by atoms with Crippen molar-refractivity contribution < 1.29 is 29.1 Å². The predicted molar refractivity (Wildman–Crippen MR) is 107 cm³/mol. The highest BCUT2D eigenvalue weighted by Gasteiger charge is 2.37. The van der Waals surface area contributed by atoms with Gasteiger partial charge in [0.1, 0.15) is 18.6 Å². The zero-order valence-electron chi connectivity index (χ0n) is 17.0. The van der Waals surface area contributed by atoms with Gasteiger partial charge in [0.2, 0.25) is 23.6 Å². The molecule has 0 aromatic rings. The number of rotatable bonds is 13. The second-order valence-corrected chi connectivity index (χ2v) is 7.26. The fourth-order valence-corrected chi connectivity index (χ4v) is 3.26. The monoisotopic (exact) mass is 428 g/mol. The summed E-state index contributed by atoms with van der Waals surface area (Å²) >= 11 is 0. The molecule has 0 spiro atoms. The first-order chi connectivity index (χ1) is 14.2. The van der Waals surface area contributed by atoms with Crippen LogP contribution in [0.5, 0.6) is 0 Å². The molecule has 30 heavy (non-hydrogen) atoms. The van der Waals surface area contributed by atoms with Gasteiger partial charge in [0.25, 0.3) is 0 Å². The first kappa shape index (κ1) is 25.3. The van der Waals surface area contributed by atoms with Crippen LogP contribution in [0.3, 0.4) is 0 Å². The third-order valence-corrected chi connectivity index (χ3v) is 4.85. The second-order valence-electron chi connectivity index (χ2n) is 7.26. The van der Waals surface area contributed by atoms with Crippen LogP contribution in [0.15, 0.2) is 0 Å². The van der Waals surface area contributed by atoms with Gasteiger partial charge in [0, 0.05) is 13.0 Å². The number of aliphatic carboxylic acids is 1. The maximum Gasteiger partial charge on any atom is 0.322 e. The fraction of sp³-hybridized carbons (Fsp3) is 0.722. The summed E-state index contributed by atoms with van der Waals surface area (Å²) in [4.78, 5) is 60.8. The van der Waals surface area contributed by atoms with Crippen molar-refractivity contribution in [2.75, 3.05) is 19.6 Å². The average Bonchev–Trinajstić information content (AvgIpc) is 3.18. The van der Waals surface area contributed by atoms with E-state index in [9.17, 15) is 24.0 Å². The van der Waals surface area contributed by atoms with Crippen molar-refractivity contribution in [3.05, 3.63) is 0 Å². The third kappa shape index (κ3) is 8.33. The van der Waals surface area contributed by atoms with Crippen molar-refractivity contribution in [1.29, 1.82) is 0 Å². The van der Waals surface area contributed by atoms with Gasteiger partial charge in [-0.2, -0.15) is 0 Å². The Morgan fingerprint density at radius 3 is 2.43 bits per heavy atom. The number of nitrogens with two attached hydrogens (primary N) is 3. The van der Waals surface area contributed by atoms with E-state index in [0.29, 0.717) is 38.8 Å². The molecule has 0 radical (unpaired) electrons. The smallest absolute Gasteiger partial charge is 0.322 e. The van der Waals surface area contributed by atoms with E-state index < -0.39 is 48.4 Å². The number of likely N-dealkylation sites (tertiary alicyclic amines) is 1. The molecule has 0 aromatic carbocycles. The van der Waals surface area contributed by atoms with Gasteiger partial charge in [0.05, 0.1) is 6.04 Å². The van der Waals surface area contributed by atoms with Crippen molar-refractivity contribution in [2.24, 2.45) is 17.2 Å². The molecule has 0 bridgehead atoms. The summed E-state index contributed by atoms with van der Waals surface area (Å²) in [7, 11) is 0. The van der Waals surface area contributed by atoms with Crippen LogP contribution in [0, 0.1) is 0 Å². The molecule has 170 valence electrons. The largest absolute Gasteiger partial charge is 0.480 e. The van der Waals surface area contributed by atoms with Crippen molar-refractivity contribution in [2.45, 2.75) is 63.1 Å². The minimum atomic E-state index is -1.25. The highest BCUT2D eigenvalue weighted by molar-refractivity contribution is 5.94. The number of unbranched alkanes of at least 4 members (excludes halogenated alkanes) is 1. The van der Waals surface area contributed by atoms with Crippen LogP contribution in [-0.4, -0.2) is 77.4 Å². The lowest BCUT2D eigenvalue weighted by molar-refractivity contribution is -0.141. The summed E-state index contributed by atoms with van der Waals surface area (Å²) in [5.74, 6) is -3.56. The second kappa shape index (κ2) is 12.8. The number of amides is 4. The molecule has 12 nitrogen and oxygen atoms in total. The van der Waals surface area contributed by atoms with Gasteiger partial charge >= 0.3 is 5.97 Å². The summed E-state index contributed by atoms with van der Waals surface area (Å²) in [5, 5.41) is 13.4. The lowest BCUT2D eigenvalue weighted by Crippen LogP contribution is -2.55. The number of carboxylic acid groups (broad SMARTS) is 1. The Hall–Kier alpha value is -2.73. The minimum absolute atomic E-state index is 0.0915. The molecule has 4 amide bonds. The van der Waals surface area contributed by atoms with E-state index in [-0.39, 0.29) is 18.7 Å². The summed E-state index contributed by atoms with van der Waals surface area (Å²) in [6.45, 7) is 0.248. The molecular formula is C18H32N6O6. The van der Waals surface area contributed by atoms with Gasteiger partial charge in [-0.25, -0.2) is 0 Å². The number of primary amides is 1. The summed E-state index contributed by atoms with van der Waals surface area (Å²) < 4.78 is 0. The first-order valence-corrected chi connectivity index (χ1v) is 10.0. The molecular weight excluding hydrogens is 396 g/mol. The van der Waals surface area contributed by atoms with Gasteiger partial charge in [-0.3, -0.25) is 24.0 Å². The molecule has 0 aromatic heterocycles. The van der Waals surface area contributed by atoms with Crippen molar-refractivity contribution >= 4 is 29.6 Å². The molecule has 1 rings (SSSR count). The molecule has 1 aliphatic rings. The lowest BCUT2D eigenvalue weighted by atomic mass is 10.1. The van der Waals surface area contributed by atoms with E-state index in [1.54, 1.807) is 0 Å². The van der Waals surface area contributed by atoms with Crippen LogP contribution in [0.2, 0.25) is 0 Å². The summed E-state index contributed by atoms with van der Waals surface area (Å²) in [6, 6.07) is -2.68. The van der Waals surface area contributed by atoms with Crippen molar-refractivity contribution in [3.63, 3.8) is 0 Å². The van der Waals surface area contributed by atoms with Crippen LogP contribution in [0.1, 0.15) is 44.9 Å². The van der Waals surface area contributed by atoms with Crippen molar-refractivity contribution in [1.82, 2.24) is 15.5 Å². The standard InChI is InChI=1S/C18H32N6O6/c19-8-2-1-4-11(20)18(30)24-9-3-5-13(24)17(29)23-12(6-7-14(21)25)16(28)22-10-15(26)27/h11-13H,1-10,19-20H2,(H2,21,25)(H,22,28)(H,23,29)(H,26,27). The van der Waals surface area contributed by atoms with E-state index in [1.165, 1.54) is 4.90 Å². The molecule has 0 aliphatic carbocycles. The number of hydrogen-bond acceptors (Lipinski definition) is 7. The highest BCUT2D eigenvalue weighted by Crippen LogP contribution is 2.19. The van der Waals surface area contributed by atoms with Crippen molar-refractivity contribution in [3.8, 4) is 0 Å². The van der Waals surface area contributed by atoms with Gasteiger partial charge < -0.3 is 37.8 Å². The Labute approximate surface area is 174 Å². The van der Waals surface area contributed by atoms with Crippen LogP contribution in [0.25, 0.3) is 0 Å². The SMILES string of the molecule is NCCCCC(N)C(=O)N1CCCC1C(=O)NC(CCC(N)=O)C(=O)NCC(=O)O. The molecule has 12 heteroatoms. The van der Waals surface area contributed by atoms with E-state index in [4.69, 9.17) is 22.3 Å². The Morgan fingerprint density at radius 1 is 1.13 bits per heavy atom. The van der Waals surface area contributed by atoms with Crippen LogP contribution in [-0.2, 0) is 24.0 Å². The quantitative estimate of drug-likeness (QED) is 0.171. The number of nitrogens with one attached hydrogen (secondary N) is 2. The maximum atomic E-state index is 12.8. The number of nitrogens with zero attached hydrogens (tertiary/aromatic N) is 1. The Bertz CT molecular complexity index is 643. The maximum absolute atomic E-state index is 12.8. The van der Waals surface area contributed by atoms with Crippen LogP contribution >= 0.6 is 0 Å². The average molecular weight is 428 g/mol. The Morgan fingerprint density at radius 2 is 1.83 bits per heavy atom. The third-order valence-electron chi connectivity index (χ3n) is 4.85. The summed E-state index contributed by atoms with van der Waals surface area (Å²) in [6.07, 6.45) is 2.66. The minimum Gasteiger partial charge on any atom is -0.480 e. The molecule has 1 heterocycles. The molecule has 0 saturated carbocycles. The first-order valence-electron chi connectivity index (χ1n) is 10.0. The molecule has 9 N–H and O–H groups in total. The normalized spacial score (nSPS) is 17.8. The number of hydrogen-bond donors (Lipinski definition) is 6. The zero-order chi connectivity index (χ0) is 22.7. The number of carbonyl (C=O) groups is 5. The molecule has 1 aliphatic heterocycles. The summed E-state index contributed by atoms with van der Waals surface area (Å²) in [5.41, 5.74) is 16.5. The van der Waals surface area contributed by atoms with E-state index in [0.717, 1.165) is 6.42 Å². The van der Waals surface area contributed by atoms with Gasteiger partial charge in [0.15, 0.2) is 0 Å². The van der Waals surface area contributed by atoms with Crippen LogP contribution < -0.4 is 27.8 Å². The number of carbonyl (C=O) groups excluding carboxylic acids is 4. The Balaban J connectivity index is 2.77. The molecule has 3 unspecified atom stereocenters. The van der Waals surface area contributed by atoms with E-state index in [1.807, 2.05) is 0 Å². The molecule has 1 fully saturated rings. The van der Waals surface area contributed by atoms with E-state index >= 15 is 0 Å². The van der Waals surface area contributed by atoms with Gasteiger partial charge in [-0.1, -0.05) is 6.42 Å². The predicted octanol–water partition coefficient (Wildman–Crippen LogP) is -2.62. The van der Waals surface area contributed by atoms with Gasteiger partial charge in [-0.05, 0) is 38.6 Å². The lowest BCUT2D eigenvalue weighted by Gasteiger charge is -2.28. The molecule has 1 saturated heterocycles. The highest BCUT2D eigenvalue weighted by atomic mass is 16.4. The molecule has 3 atom stereocenters. The fourth-order valence-electron chi connectivity index (χ4n) is 3.26.